The van der Waals surface area contributed by atoms with Crippen molar-refractivity contribution in [1.29, 1.82) is 0 Å². The third-order valence-electron chi connectivity index (χ3n) is 3.37. The number of hydrogen-bond acceptors (Lipinski definition) is 3. The molecule has 0 spiro atoms. The van der Waals surface area contributed by atoms with Crippen LogP contribution in [-0.4, -0.2) is 47.7 Å². The molecular weight excluding hydrogens is 246 g/mol. The Bertz CT molecular complexity index is 460. The molecule has 102 valence electrons. The van der Waals surface area contributed by atoms with Crippen molar-refractivity contribution in [1.82, 2.24) is 4.90 Å². The smallest absolute Gasteiger partial charge is 0.328 e. The van der Waals surface area contributed by atoms with E-state index < -0.39 is 12.0 Å². The minimum absolute atomic E-state index is 0.0581. The maximum absolute atomic E-state index is 12.4. The maximum atomic E-state index is 12.4. The number of amides is 1. The molecule has 2 atom stereocenters. The van der Waals surface area contributed by atoms with Gasteiger partial charge in [0, 0.05) is 6.54 Å². The Morgan fingerprint density at radius 1 is 1.37 bits per heavy atom. The van der Waals surface area contributed by atoms with Gasteiger partial charge in [0.15, 0.2) is 6.04 Å². The number of nitrogens with zero attached hydrogens (tertiary/aromatic N) is 1. The highest BCUT2D eigenvalue weighted by atomic mass is 16.5. The van der Waals surface area contributed by atoms with E-state index in [1.807, 2.05) is 30.3 Å². The monoisotopic (exact) mass is 263 g/mol. The third kappa shape index (κ3) is 2.93. The summed E-state index contributed by atoms with van der Waals surface area (Å²) in [4.78, 5) is 25.0. The summed E-state index contributed by atoms with van der Waals surface area (Å²) in [7, 11) is 0. The van der Waals surface area contributed by atoms with Crippen LogP contribution < -0.4 is 0 Å². The molecule has 0 radical (unpaired) electrons. The minimum atomic E-state index is -1.02. The van der Waals surface area contributed by atoms with Crippen LogP contribution in [0.3, 0.4) is 0 Å². The number of carbonyl (C=O) groups excluding carboxylic acids is 1. The molecular formula is C14H17NO4. The molecule has 1 N–H and O–H groups in total. The zero-order chi connectivity index (χ0) is 13.8. The molecule has 19 heavy (non-hydrogen) atoms. The van der Waals surface area contributed by atoms with Crippen LogP contribution in [0.5, 0.6) is 0 Å². The Morgan fingerprint density at radius 2 is 2.05 bits per heavy atom. The Morgan fingerprint density at radius 3 is 2.68 bits per heavy atom. The van der Waals surface area contributed by atoms with Crippen molar-refractivity contribution in [2.45, 2.75) is 18.9 Å². The molecule has 1 aliphatic rings. The fourth-order valence-electron chi connectivity index (χ4n) is 2.21. The van der Waals surface area contributed by atoms with Crippen molar-refractivity contribution in [2.24, 2.45) is 0 Å². The van der Waals surface area contributed by atoms with E-state index >= 15 is 0 Å². The van der Waals surface area contributed by atoms with Gasteiger partial charge in [0.25, 0.3) is 0 Å². The number of ether oxygens (including phenoxy) is 1. The predicted octanol–water partition coefficient (Wildman–Crippen LogP) is 1.10. The van der Waals surface area contributed by atoms with Gasteiger partial charge in [0.05, 0.1) is 19.1 Å². The van der Waals surface area contributed by atoms with Gasteiger partial charge in [-0.3, -0.25) is 4.79 Å². The van der Waals surface area contributed by atoms with Gasteiger partial charge in [0.1, 0.15) is 0 Å². The van der Waals surface area contributed by atoms with E-state index in [9.17, 15) is 9.59 Å². The van der Waals surface area contributed by atoms with Crippen molar-refractivity contribution in [3.63, 3.8) is 0 Å². The molecule has 1 saturated heterocycles. The van der Waals surface area contributed by atoms with E-state index in [-0.39, 0.29) is 18.4 Å². The van der Waals surface area contributed by atoms with Crippen LogP contribution in [0.15, 0.2) is 30.3 Å². The van der Waals surface area contributed by atoms with E-state index in [1.54, 1.807) is 6.92 Å². The molecule has 1 amide bonds. The molecule has 5 nitrogen and oxygen atoms in total. The lowest BCUT2D eigenvalue weighted by molar-refractivity contribution is -0.158. The number of morpholine rings is 1. The fourth-order valence-corrected chi connectivity index (χ4v) is 2.21. The van der Waals surface area contributed by atoms with Gasteiger partial charge < -0.3 is 14.7 Å². The summed E-state index contributed by atoms with van der Waals surface area (Å²) >= 11 is 0. The third-order valence-corrected chi connectivity index (χ3v) is 3.37. The van der Waals surface area contributed by atoms with Gasteiger partial charge in [-0.2, -0.15) is 0 Å². The second-order valence-corrected chi connectivity index (χ2v) is 4.59. The van der Waals surface area contributed by atoms with E-state index in [0.29, 0.717) is 13.2 Å². The normalized spacial score (nSPS) is 20.9. The summed E-state index contributed by atoms with van der Waals surface area (Å²) in [5.74, 6) is -1.53. The van der Waals surface area contributed by atoms with Crippen LogP contribution in [0.25, 0.3) is 0 Å². The number of hydrogen-bond donors (Lipinski definition) is 1. The molecule has 0 saturated carbocycles. The average molecular weight is 263 g/mol. The van der Waals surface area contributed by atoms with E-state index in [1.165, 1.54) is 4.90 Å². The van der Waals surface area contributed by atoms with Crippen molar-refractivity contribution in [3.05, 3.63) is 35.9 Å². The highest BCUT2D eigenvalue weighted by molar-refractivity contribution is 5.88. The zero-order valence-corrected chi connectivity index (χ0v) is 10.8. The lowest BCUT2D eigenvalue weighted by Crippen LogP contribution is -2.53. The average Bonchev–Trinajstić information content (AvgIpc) is 2.46. The van der Waals surface area contributed by atoms with Crippen molar-refractivity contribution >= 4 is 11.9 Å². The van der Waals surface area contributed by atoms with Crippen LogP contribution in [0, 0.1) is 0 Å². The molecule has 1 unspecified atom stereocenters. The van der Waals surface area contributed by atoms with E-state index in [2.05, 4.69) is 0 Å². The van der Waals surface area contributed by atoms with Crippen molar-refractivity contribution in [3.8, 4) is 0 Å². The van der Waals surface area contributed by atoms with Crippen LogP contribution in [0.4, 0.5) is 0 Å². The first-order valence-corrected chi connectivity index (χ1v) is 6.27. The molecule has 0 bridgehead atoms. The summed E-state index contributed by atoms with van der Waals surface area (Å²) < 4.78 is 5.13. The molecule has 0 aromatic heterocycles. The summed E-state index contributed by atoms with van der Waals surface area (Å²) in [6, 6.07) is 8.49. The second-order valence-electron chi connectivity index (χ2n) is 4.59. The van der Waals surface area contributed by atoms with Gasteiger partial charge >= 0.3 is 5.97 Å². The quantitative estimate of drug-likeness (QED) is 0.887. The minimum Gasteiger partial charge on any atom is -0.480 e. The van der Waals surface area contributed by atoms with Gasteiger partial charge in [-0.05, 0) is 12.5 Å². The number of rotatable bonds is 3. The van der Waals surface area contributed by atoms with Crippen LogP contribution in [-0.2, 0) is 14.3 Å². The van der Waals surface area contributed by atoms with Crippen LogP contribution >= 0.6 is 0 Å². The van der Waals surface area contributed by atoms with Gasteiger partial charge in [-0.15, -0.1) is 0 Å². The molecule has 1 heterocycles. The van der Waals surface area contributed by atoms with E-state index in [0.717, 1.165) is 5.56 Å². The highest BCUT2D eigenvalue weighted by Crippen LogP contribution is 2.20. The first kappa shape index (κ1) is 13.5. The van der Waals surface area contributed by atoms with Gasteiger partial charge in [-0.1, -0.05) is 30.3 Å². The SMILES string of the molecule is C[C@@H](C(=O)N1CCOCC1C(=O)O)c1ccccc1. The summed E-state index contributed by atoms with van der Waals surface area (Å²) in [5.41, 5.74) is 0.892. The number of carboxylic acid groups (broad SMARTS) is 1. The lowest BCUT2D eigenvalue weighted by atomic mass is 9.99. The standard InChI is InChI=1S/C14H17NO4/c1-10(11-5-3-2-4-6-11)13(16)15-7-8-19-9-12(15)14(17)18/h2-6,10,12H,7-9H2,1H3,(H,17,18)/t10-,12?/m1/s1. The van der Waals surface area contributed by atoms with Gasteiger partial charge in [-0.25, -0.2) is 4.79 Å². The van der Waals surface area contributed by atoms with Gasteiger partial charge in [0.2, 0.25) is 5.91 Å². The largest absolute Gasteiger partial charge is 0.480 e. The number of aliphatic carboxylic acids is 1. The van der Waals surface area contributed by atoms with Crippen LogP contribution in [0.1, 0.15) is 18.4 Å². The Balaban J connectivity index is 2.15. The summed E-state index contributed by atoms with van der Waals surface area (Å²) in [6.07, 6.45) is 0. The number of carboxylic acids is 1. The fraction of sp³-hybridized carbons (Fsp3) is 0.429. The second kappa shape index (κ2) is 5.84. The van der Waals surface area contributed by atoms with E-state index in [4.69, 9.17) is 9.84 Å². The summed E-state index contributed by atoms with van der Waals surface area (Å²) in [6.45, 7) is 2.57. The predicted molar refractivity (Wildman–Crippen MR) is 68.8 cm³/mol. The maximum Gasteiger partial charge on any atom is 0.328 e. The molecule has 1 aromatic carbocycles. The molecule has 2 rings (SSSR count). The first-order chi connectivity index (χ1) is 9.11. The molecule has 0 aliphatic carbocycles. The van der Waals surface area contributed by atoms with Crippen molar-refractivity contribution in [2.75, 3.05) is 19.8 Å². The number of carbonyl (C=O) groups is 2. The molecule has 1 aliphatic heterocycles. The topological polar surface area (TPSA) is 66.8 Å². The molecule has 1 aromatic rings. The Kier molecular flexibility index (Phi) is 4.16. The molecule has 1 fully saturated rings. The summed E-state index contributed by atoms with van der Waals surface area (Å²) in [5, 5.41) is 9.14. The first-order valence-electron chi connectivity index (χ1n) is 6.27. The Hall–Kier alpha value is -1.88. The Labute approximate surface area is 111 Å². The van der Waals surface area contributed by atoms with Crippen molar-refractivity contribution < 1.29 is 19.4 Å². The zero-order valence-electron chi connectivity index (χ0n) is 10.8. The highest BCUT2D eigenvalue weighted by Gasteiger charge is 2.34. The van der Waals surface area contributed by atoms with Crippen LogP contribution in [0.2, 0.25) is 0 Å². The lowest BCUT2D eigenvalue weighted by Gasteiger charge is -2.34. The molecule has 5 heteroatoms. The number of benzene rings is 1.